The molecule has 0 radical (unpaired) electrons. The number of pyridine rings is 6. The highest BCUT2D eigenvalue weighted by molar-refractivity contribution is 7.59. The lowest BCUT2D eigenvalue weighted by molar-refractivity contribution is 0.215. The van der Waals surface area contributed by atoms with Crippen LogP contribution in [-0.4, -0.2) is 48.9 Å². The van der Waals surface area contributed by atoms with E-state index in [0.717, 1.165) is 45.0 Å². The Labute approximate surface area is 464 Å². The SMILES string of the molecule is CC.CCC.CCc1c(C)cc2c(N)nccc2c1C.Cc1cc2c(N)nccc2c(C)c1CNc1cc(C(O)c2cn3cc(C4CC4)ccc3n2)ccn1.OC(c1ccnc(Cl)c1)c1cn2cc(C3CC3)ccc2n1.S. The Kier molecular flexibility index (Phi) is 19.3. The fourth-order valence-corrected chi connectivity index (χ4v) is 9.92. The summed E-state index contributed by atoms with van der Waals surface area (Å²) in [6, 6.07) is 23.7. The first-order valence-electron chi connectivity index (χ1n) is 26.7. The highest BCUT2D eigenvalue weighted by Gasteiger charge is 2.26. The zero-order chi connectivity index (χ0) is 54.2. The van der Waals surface area contributed by atoms with Crippen molar-refractivity contribution in [3.05, 3.63) is 195 Å². The molecule has 7 N–H and O–H groups in total. The van der Waals surface area contributed by atoms with Gasteiger partial charge in [-0.15, -0.1) is 0 Å². The highest BCUT2D eigenvalue weighted by Crippen LogP contribution is 2.41. The van der Waals surface area contributed by atoms with Crippen molar-refractivity contribution < 1.29 is 10.2 Å². The fraction of sp³-hybridized carbons (Fsp3) is 0.323. The van der Waals surface area contributed by atoms with Crippen LogP contribution in [0, 0.1) is 27.7 Å². The van der Waals surface area contributed by atoms with Crippen molar-refractivity contribution in [1.29, 1.82) is 0 Å². The Hall–Kier alpha value is -7.10. The molecule has 0 bridgehead atoms. The lowest BCUT2D eigenvalue weighted by Gasteiger charge is -2.16. The van der Waals surface area contributed by atoms with Gasteiger partial charge < -0.3 is 35.8 Å². The van der Waals surface area contributed by atoms with E-state index in [-0.39, 0.29) is 13.5 Å². The number of aryl methyl sites for hydroxylation is 4. The number of nitrogen functional groups attached to an aromatic ring is 2. The minimum absolute atomic E-state index is 0. The molecule has 15 heteroatoms. The number of hydrogen-bond acceptors (Lipinski definition) is 11. The van der Waals surface area contributed by atoms with E-state index in [2.05, 4.69) is 120 Å². The maximum atomic E-state index is 11.1. The average molecular weight is 1070 g/mol. The second-order valence-electron chi connectivity index (χ2n) is 19.6. The molecule has 2 saturated carbocycles. The molecule has 13 nitrogen and oxygen atoms in total. The molecule has 402 valence electrons. The zero-order valence-corrected chi connectivity index (χ0v) is 47.6. The van der Waals surface area contributed by atoms with Gasteiger partial charge in [0.05, 0.1) is 11.4 Å². The van der Waals surface area contributed by atoms with Crippen molar-refractivity contribution in [2.24, 2.45) is 0 Å². The van der Waals surface area contributed by atoms with E-state index in [1.165, 1.54) is 76.4 Å². The number of hydrogen-bond donors (Lipinski definition) is 5. The first kappa shape index (κ1) is 57.6. The molecule has 8 aromatic heterocycles. The largest absolute Gasteiger partial charge is 0.383 e. The Balaban J connectivity index is 0.000000174. The summed E-state index contributed by atoms with van der Waals surface area (Å²) >= 11 is 5.87. The van der Waals surface area contributed by atoms with Gasteiger partial charge in [0.25, 0.3) is 0 Å². The predicted octanol–water partition coefficient (Wildman–Crippen LogP) is 13.9. The van der Waals surface area contributed by atoms with Gasteiger partial charge in [0.15, 0.2) is 0 Å². The van der Waals surface area contributed by atoms with Crippen LogP contribution < -0.4 is 16.8 Å². The number of nitrogens with zero attached hydrogens (tertiary/aromatic N) is 8. The van der Waals surface area contributed by atoms with Gasteiger partial charge in [-0.1, -0.05) is 64.8 Å². The number of fused-ring (bicyclic) bond motifs is 4. The molecular weight excluding hydrogens is 998 g/mol. The lowest BCUT2D eigenvalue weighted by atomic mass is 9.95. The van der Waals surface area contributed by atoms with E-state index in [1.807, 2.05) is 71.4 Å². The molecular formula is C62H74ClN11O2S. The van der Waals surface area contributed by atoms with Crippen molar-refractivity contribution in [2.45, 2.75) is 131 Å². The molecule has 2 aliphatic rings. The standard InChI is InChI=1S/C28H28N6O.C16H14ClN3O.C13H16N2.C3H8.C2H6.H2S/c1-16-11-22-21(8-10-31-28(22)29)17(2)23(16)13-32-25-12-19(7-9-30-25)27(35)24-15-34-14-20(18-3-4-18)5-6-26(34)33-24;17-14-7-11(5-6-18-14)16(21)13-9-20-8-12(10-1-2-10)3-4-15(20)19-13;1-4-10-8(2)7-12-11(9(10)3)5-6-15-13(12)14;1-3-2;1-2;/h5-12,14-15,18,27,35H,3-4,13H2,1-2H3,(H2,29,31)(H,30,32);3-10,16,21H,1-2H2;5-7H,4H2,1-3H3,(H2,14,15);3H2,1-2H3;1-2H3;1H2. The number of aliphatic hydroxyl groups is 2. The lowest BCUT2D eigenvalue weighted by Crippen LogP contribution is -2.07. The van der Waals surface area contributed by atoms with Gasteiger partial charge in [0.2, 0.25) is 0 Å². The molecule has 77 heavy (non-hydrogen) atoms. The van der Waals surface area contributed by atoms with Crippen LogP contribution in [0.2, 0.25) is 5.15 Å². The Bertz CT molecular complexity index is 3630. The molecule has 8 heterocycles. The number of rotatable bonds is 10. The van der Waals surface area contributed by atoms with Gasteiger partial charge in [-0.3, -0.25) is 0 Å². The van der Waals surface area contributed by atoms with Crippen molar-refractivity contribution in [1.82, 2.24) is 38.7 Å². The third-order valence-corrected chi connectivity index (χ3v) is 14.2. The van der Waals surface area contributed by atoms with Crippen LogP contribution in [-0.2, 0) is 13.0 Å². The second kappa shape index (κ2) is 25.8. The molecule has 0 amide bonds. The average Bonchev–Trinajstić information content (AvgIpc) is 4.38. The van der Waals surface area contributed by atoms with Crippen LogP contribution in [0.1, 0.15) is 158 Å². The Morgan fingerprint density at radius 3 is 1.49 bits per heavy atom. The van der Waals surface area contributed by atoms with E-state index < -0.39 is 12.2 Å². The van der Waals surface area contributed by atoms with E-state index in [1.54, 1.807) is 36.9 Å². The van der Waals surface area contributed by atoms with E-state index >= 15 is 0 Å². The van der Waals surface area contributed by atoms with Crippen LogP contribution in [0.5, 0.6) is 0 Å². The number of aliphatic hydroxyl groups excluding tert-OH is 2. The number of halogens is 1. The second-order valence-corrected chi connectivity index (χ2v) is 20.0. The number of imidazole rings is 2. The summed E-state index contributed by atoms with van der Waals surface area (Å²) < 4.78 is 4.00. The number of aromatic nitrogens is 8. The van der Waals surface area contributed by atoms with Crippen molar-refractivity contribution in [2.75, 3.05) is 16.8 Å². The number of anilines is 3. The molecule has 0 saturated heterocycles. The monoisotopic (exact) mass is 1070 g/mol. The first-order chi connectivity index (χ1) is 36.7. The van der Waals surface area contributed by atoms with Crippen LogP contribution in [0.25, 0.3) is 32.8 Å². The number of benzene rings is 2. The molecule has 0 aliphatic heterocycles. The van der Waals surface area contributed by atoms with Gasteiger partial charge in [-0.05, 0) is 199 Å². The summed E-state index contributed by atoms with van der Waals surface area (Å²) in [5, 5.41) is 29.7. The maximum Gasteiger partial charge on any atom is 0.137 e. The molecule has 0 spiro atoms. The summed E-state index contributed by atoms with van der Waals surface area (Å²) in [4.78, 5) is 25.9. The summed E-state index contributed by atoms with van der Waals surface area (Å²) in [7, 11) is 0. The Morgan fingerprint density at radius 1 is 0.584 bits per heavy atom. The van der Waals surface area contributed by atoms with Gasteiger partial charge >= 0.3 is 0 Å². The topological polar surface area (TPSA) is 191 Å². The minimum atomic E-state index is -0.831. The van der Waals surface area contributed by atoms with Crippen LogP contribution >= 0.6 is 25.1 Å². The van der Waals surface area contributed by atoms with Gasteiger partial charge in [-0.2, -0.15) is 13.5 Å². The molecule has 2 atom stereocenters. The highest BCUT2D eigenvalue weighted by atomic mass is 35.5. The van der Waals surface area contributed by atoms with E-state index in [4.69, 9.17) is 23.1 Å². The quantitative estimate of drug-likeness (QED) is 0.0819. The van der Waals surface area contributed by atoms with Crippen molar-refractivity contribution in [3.8, 4) is 0 Å². The summed E-state index contributed by atoms with van der Waals surface area (Å²) in [5.41, 5.74) is 26.6. The maximum absolute atomic E-state index is 11.1. The molecule has 2 aliphatic carbocycles. The summed E-state index contributed by atoms with van der Waals surface area (Å²) in [6.07, 6.45) is 20.6. The zero-order valence-electron chi connectivity index (χ0n) is 45.8. The Morgan fingerprint density at radius 2 is 1.03 bits per heavy atom. The number of nitrogens with two attached hydrogens (primary N) is 2. The van der Waals surface area contributed by atoms with E-state index in [0.29, 0.717) is 57.9 Å². The predicted molar refractivity (Wildman–Crippen MR) is 322 cm³/mol. The third kappa shape index (κ3) is 13.4. The molecule has 2 fully saturated rings. The van der Waals surface area contributed by atoms with Gasteiger partial charge in [-0.25, -0.2) is 29.9 Å². The van der Waals surface area contributed by atoms with E-state index in [9.17, 15) is 10.2 Å². The van der Waals surface area contributed by atoms with Crippen molar-refractivity contribution in [3.63, 3.8) is 0 Å². The third-order valence-electron chi connectivity index (χ3n) is 14.0. The van der Waals surface area contributed by atoms with Crippen LogP contribution in [0.15, 0.2) is 122 Å². The smallest absolute Gasteiger partial charge is 0.137 e. The van der Waals surface area contributed by atoms with Crippen molar-refractivity contribution >= 4 is 75.4 Å². The molecule has 2 aromatic carbocycles. The molecule has 10 aromatic rings. The first-order valence-corrected chi connectivity index (χ1v) is 27.0. The minimum Gasteiger partial charge on any atom is -0.383 e. The van der Waals surface area contributed by atoms with Crippen LogP contribution in [0.3, 0.4) is 0 Å². The summed E-state index contributed by atoms with van der Waals surface area (Å²) in [6.45, 7) is 19.5. The van der Waals surface area contributed by atoms with Crippen LogP contribution in [0.4, 0.5) is 17.5 Å². The molecule has 2 unspecified atom stereocenters. The number of nitrogens with one attached hydrogen (secondary N) is 1. The summed E-state index contributed by atoms with van der Waals surface area (Å²) in [5.74, 6) is 3.25. The fourth-order valence-electron chi connectivity index (χ4n) is 9.73. The normalized spacial score (nSPS) is 13.5. The van der Waals surface area contributed by atoms with Gasteiger partial charge in [0, 0.05) is 66.9 Å². The molecule has 12 rings (SSSR count). The van der Waals surface area contributed by atoms with Gasteiger partial charge in [0.1, 0.15) is 46.1 Å².